The van der Waals surface area contributed by atoms with Crippen LogP contribution in [-0.2, 0) is 0 Å². The molecule has 6 atom stereocenters. The van der Waals surface area contributed by atoms with Gasteiger partial charge in [-0.1, -0.05) is 89.9 Å². The minimum absolute atomic E-state index is 0.0774. The highest BCUT2D eigenvalue weighted by atomic mass is 79.9. The SMILES string of the molecule is ClC1=C(Cl)[C@@]2(Cl)[C@](Cl)(Br)[C@@]1(Cl)[C@@]1(Cl)C(Cl)=C(Cl)[C@@](Cl)(Br)[C@]21Cl. The van der Waals surface area contributed by atoms with E-state index in [1.807, 2.05) is 0 Å². The van der Waals surface area contributed by atoms with Gasteiger partial charge in [0.2, 0.25) is 0 Å². The van der Waals surface area contributed by atoms with E-state index in [-0.39, 0.29) is 20.1 Å². The number of fused-ring (bicyclic) bond motifs is 5. The first-order valence-corrected chi connectivity index (χ1v) is 10.6. The molecule has 0 heterocycles. The first-order valence-electron chi connectivity index (χ1n) is 5.27. The fourth-order valence-corrected chi connectivity index (χ4v) is 11.2. The first kappa shape index (κ1) is 20.1. The summed E-state index contributed by atoms with van der Waals surface area (Å²) in [5.41, 5.74) is 0. The van der Waals surface area contributed by atoms with Gasteiger partial charge in [0.25, 0.3) is 0 Å². The van der Waals surface area contributed by atoms with Crippen molar-refractivity contribution in [3.8, 4) is 0 Å². The zero-order chi connectivity index (χ0) is 17.3. The molecule has 3 aliphatic carbocycles. The Bertz CT molecular complexity index is 685. The molecule has 12 heteroatoms. The summed E-state index contributed by atoms with van der Waals surface area (Å²) in [5.74, 6) is 0. The van der Waals surface area contributed by atoms with E-state index in [1.54, 1.807) is 0 Å². The van der Waals surface area contributed by atoms with Gasteiger partial charge in [-0.05, 0) is 0 Å². The molecule has 0 spiro atoms. The predicted octanol–water partition coefficient (Wildman–Crippen LogP) is 7.98. The fourth-order valence-electron chi connectivity index (χ4n) is 3.20. The van der Waals surface area contributed by atoms with Crippen LogP contribution in [0.3, 0.4) is 0 Å². The van der Waals surface area contributed by atoms with Crippen LogP contribution in [0.15, 0.2) is 20.1 Å². The van der Waals surface area contributed by atoms with Crippen molar-refractivity contribution in [3.63, 3.8) is 0 Å². The molecule has 0 nitrogen and oxygen atoms in total. The van der Waals surface area contributed by atoms with Gasteiger partial charge in [0.05, 0.1) is 20.1 Å². The number of rotatable bonds is 0. The largest absolute Gasteiger partial charge is 0.159 e. The number of hydrogen-bond donors (Lipinski definition) is 0. The second-order valence-electron chi connectivity index (χ2n) is 5.04. The van der Waals surface area contributed by atoms with Gasteiger partial charge < -0.3 is 0 Å². The Morgan fingerprint density at radius 3 is 1.36 bits per heavy atom. The zero-order valence-corrected chi connectivity index (χ0v) is 20.3. The van der Waals surface area contributed by atoms with Crippen LogP contribution in [0.1, 0.15) is 0 Å². The second-order valence-corrected chi connectivity index (χ2v) is 13.2. The summed E-state index contributed by atoms with van der Waals surface area (Å²) in [5, 5.41) is -0.383. The van der Waals surface area contributed by atoms with Crippen molar-refractivity contribution in [2.45, 2.75) is 27.1 Å². The van der Waals surface area contributed by atoms with Crippen LogP contribution in [-0.4, -0.2) is 27.1 Å². The highest BCUT2D eigenvalue weighted by molar-refractivity contribution is 9.11. The minimum atomic E-state index is -1.85. The molecule has 124 valence electrons. The maximum atomic E-state index is 6.83. The number of hydrogen-bond acceptors (Lipinski definition) is 0. The van der Waals surface area contributed by atoms with Crippen LogP contribution >= 0.6 is 148 Å². The average Bonchev–Trinajstić information content (AvgIpc) is 2.65. The van der Waals surface area contributed by atoms with Crippen molar-refractivity contribution < 1.29 is 0 Å². The summed E-state index contributed by atoms with van der Waals surface area (Å²) < 4.78 is -3.38. The van der Waals surface area contributed by atoms with Gasteiger partial charge in [-0.15, -0.1) is 58.0 Å². The third-order valence-electron chi connectivity index (χ3n) is 4.29. The van der Waals surface area contributed by atoms with E-state index in [0.717, 1.165) is 0 Å². The number of allylic oxidation sites excluding steroid dienone is 4. The monoisotopic (exact) mass is 628 g/mol. The van der Waals surface area contributed by atoms with Crippen LogP contribution in [0.4, 0.5) is 0 Å². The molecule has 0 aliphatic heterocycles. The Morgan fingerprint density at radius 2 is 0.909 bits per heavy atom. The third kappa shape index (κ3) is 1.46. The molecule has 3 aliphatic rings. The molecule has 0 amide bonds. The summed E-state index contributed by atoms with van der Waals surface area (Å²) in [6.45, 7) is 0. The molecule has 0 unspecified atom stereocenters. The smallest absolute Gasteiger partial charge is 0.111 e. The predicted molar refractivity (Wildman–Crippen MR) is 107 cm³/mol. The second kappa shape index (κ2) is 5.03. The minimum Gasteiger partial charge on any atom is -0.111 e. The van der Waals surface area contributed by atoms with Gasteiger partial charge in [0.15, 0.2) is 7.57 Å². The maximum Gasteiger partial charge on any atom is 0.159 e. The lowest BCUT2D eigenvalue weighted by molar-refractivity contribution is 0.468. The van der Waals surface area contributed by atoms with E-state index in [1.165, 1.54) is 0 Å². The van der Waals surface area contributed by atoms with Crippen LogP contribution in [0, 0.1) is 0 Å². The standard InChI is InChI=1S/C10Br2Cl10/c11-8(20)4(16)3(15)5(17)6(18)1(13)2(14)7(19,9(5,8)21)10(6,12)22/t5-,6-,7-,8-,9+,10-/m0/s1. The summed E-state index contributed by atoms with van der Waals surface area (Å²) >= 11 is 71.9. The van der Waals surface area contributed by atoms with Gasteiger partial charge >= 0.3 is 0 Å². The van der Waals surface area contributed by atoms with Crippen LogP contribution in [0.2, 0.25) is 0 Å². The number of alkyl halides is 8. The number of halogens is 12. The Kier molecular flexibility index (Phi) is 4.59. The molecule has 0 aromatic rings. The molecule has 22 heavy (non-hydrogen) atoms. The van der Waals surface area contributed by atoms with Gasteiger partial charge in [0, 0.05) is 0 Å². The Balaban J connectivity index is 2.57. The Hall–Kier alpha value is 3.34. The van der Waals surface area contributed by atoms with E-state index in [4.69, 9.17) is 116 Å². The Morgan fingerprint density at radius 1 is 0.545 bits per heavy atom. The van der Waals surface area contributed by atoms with Crippen molar-refractivity contribution in [2.75, 3.05) is 0 Å². The molecule has 0 N–H and O–H groups in total. The normalized spacial score (nSPS) is 60.5. The molecule has 1 saturated carbocycles. The topological polar surface area (TPSA) is 0 Å². The van der Waals surface area contributed by atoms with E-state index in [0.29, 0.717) is 0 Å². The zero-order valence-electron chi connectivity index (χ0n) is 9.54. The lowest BCUT2D eigenvalue weighted by Gasteiger charge is -2.49. The summed E-state index contributed by atoms with van der Waals surface area (Å²) in [4.78, 5) is -7.33. The molecule has 0 radical (unpaired) electrons. The van der Waals surface area contributed by atoms with Crippen molar-refractivity contribution in [1.29, 1.82) is 0 Å². The molecule has 1 fully saturated rings. The lowest BCUT2D eigenvalue weighted by Crippen LogP contribution is -2.64. The maximum absolute atomic E-state index is 6.83. The van der Waals surface area contributed by atoms with Crippen molar-refractivity contribution >= 4 is 148 Å². The molecule has 3 rings (SSSR count). The van der Waals surface area contributed by atoms with Gasteiger partial charge in [0.1, 0.15) is 19.5 Å². The van der Waals surface area contributed by atoms with Crippen molar-refractivity contribution in [1.82, 2.24) is 0 Å². The third-order valence-corrected chi connectivity index (χ3v) is 14.6. The fraction of sp³-hybridized carbons (Fsp3) is 0.600. The van der Waals surface area contributed by atoms with Crippen LogP contribution < -0.4 is 0 Å². The Labute approximate surface area is 192 Å². The van der Waals surface area contributed by atoms with Crippen LogP contribution in [0.5, 0.6) is 0 Å². The lowest BCUT2D eigenvalue weighted by atomic mass is 9.82. The quantitative estimate of drug-likeness (QED) is 0.237. The highest BCUT2D eigenvalue weighted by Gasteiger charge is 2.98. The van der Waals surface area contributed by atoms with Crippen LogP contribution in [0.25, 0.3) is 0 Å². The summed E-state index contributed by atoms with van der Waals surface area (Å²) in [6.07, 6.45) is 0. The first-order chi connectivity index (χ1) is 9.63. The average molecular weight is 634 g/mol. The van der Waals surface area contributed by atoms with Gasteiger partial charge in [-0.3, -0.25) is 0 Å². The molecule has 0 saturated heterocycles. The molecule has 0 aromatic heterocycles. The summed E-state index contributed by atoms with van der Waals surface area (Å²) in [6, 6.07) is 0. The van der Waals surface area contributed by atoms with Gasteiger partial charge in [-0.2, -0.15) is 0 Å². The molecule has 2 bridgehead atoms. The van der Waals surface area contributed by atoms with E-state index in [9.17, 15) is 0 Å². The molecular formula is C10Br2Cl10. The van der Waals surface area contributed by atoms with Crippen molar-refractivity contribution in [2.24, 2.45) is 0 Å². The van der Waals surface area contributed by atoms with E-state index < -0.39 is 27.1 Å². The van der Waals surface area contributed by atoms with Gasteiger partial charge in [-0.25, -0.2) is 0 Å². The van der Waals surface area contributed by atoms with E-state index >= 15 is 0 Å². The molecule has 0 aromatic carbocycles. The highest BCUT2D eigenvalue weighted by Crippen LogP contribution is 2.89. The molecular weight excluding hydrogens is 634 g/mol. The van der Waals surface area contributed by atoms with E-state index in [2.05, 4.69) is 31.9 Å². The van der Waals surface area contributed by atoms with Crippen molar-refractivity contribution in [3.05, 3.63) is 20.1 Å². The summed E-state index contributed by atoms with van der Waals surface area (Å²) in [7, 11) is 0.